The molecule has 0 bridgehead atoms. The molecule has 3 rings (SSSR count). The molecule has 1 unspecified atom stereocenters. The van der Waals surface area contributed by atoms with Gasteiger partial charge in [-0.1, -0.05) is 6.92 Å². The van der Waals surface area contributed by atoms with E-state index in [1.165, 1.54) is 18.6 Å². The maximum Gasteiger partial charge on any atom is 0.272 e. The van der Waals surface area contributed by atoms with Crippen molar-refractivity contribution in [3.63, 3.8) is 0 Å². The number of hydrogen-bond acceptors (Lipinski definition) is 4. The molecule has 6 heteroatoms. The van der Waals surface area contributed by atoms with Crippen LogP contribution in [0.15, 0.2) is 30.3 Å². The Morgan fingerprint density at radius 2 is 2.04 bits per heavy atom. The van der Waals surface area contributed by atoms with Crippen LogP contribution in [0.4, 0.5) is 16.0 Å². The second-order valence-electron chi connectivity index (χ2n) is 6.41. The number of carbonyl (C=O) groups excluding carboxylic acids is 1. The molecule has 0 aliphatic carbocycles. The summed E-state index contributed by atoms with van der Waals surface area (Å²) in [6, 6.07) is 7.96. The molecule has 0 saturated carbocycles. The van der Waals surface area contributed by atoms with Crippen LogP contribution in [0.3, 0.4) is 0 Å². The standard InChI is InChI=1S/C19H23FN4O/c1-3-16-6-4-5-11-24(16)18(25)17-12-13(2)21-19(23-17)22-15-9-7-14(20)8-10-15/h7-10,12,16H,3-6,11H2,1-2H3,(H,21,22,23). The number of hydrogen-bond donors (Lipinski definition) is 1. The topological polar surface area (TPSA) is 58.1 Å². The van der Waals surface area contributed by atoms with Crippen LogP contribution >= 0.6 is 0 Å². The first-order chi connectivity index (χ1) is 12.1. The van der Waals surface area contributed by atoms with Crippen molar-refractivity contribution in [2.24, 2.45) is 0 Å². The van der Waals surface area contributed by atoms with E-state index in [4.69, 9.17) is 0 Å². The molecule has 1 atom stereocenters. The third-order valence-corrected chi connectivity index (χ3v) is 4.53. The van der Waals surface area contributed by atoms with Crippen LogP contribution in [0, 0.1) is 12.7 Å². The number of benzene rings is 1. The predicted octanol–water partition coefficient (Wildman–Crippen LogP) is 4.07. The number of carbonyl (C=O) groups is 1. The van der Waals surface area contributed by atoms with E-state index >= 15 is 0 Å². The number of nitrogens with zero attached hydrogens (tertiary/aromatic N) is 3. The van der Waals surface area contributed by atoms with Gasteiger partial charge in [0, 0.05) is 24.0 Å². The van der Waals surface area contributed by atoms with Crippen molar-refractivity contribution in [2.45, 2.75) is 45.6 Å². The third-order valence-electron chi connectivity index (χ3n) is 4.53. The van der Waals surface area contributed by atoms with E-state index in [-0.39, 0.29) is 17.8 Å². The summed E-state index contributed by atoms with van der Waals surface area (Å²) in [6.07, 6.45) is 4.21. The number of aryl methyl sites for hydroxylation is 1. The van der Waals surface area contributed by atoms with Crippen LogP contribution in [0.5, 0.6) is 0 Å². The highest BCUT2D eigenvalue weighted by Crippen LogP contribution is 2.22. The maximum absolute atomic E-state index is 13.0. The average molecular weight is 342 g/mol. The molecule has 1 fully saturated rings. The molecule has 1 aromatic heterocycles. The van der Waals surface area contributed by atoms with Gasteiger partial charge in [0.05, 0.1) is 0 Å². The minimum Gasteiger partial charge on any atom is -0.334 e. The number of nitrogens with one attached hydrogen (secondary N) is 1. The predicted molar refractivity (Wildman–Crippen MR) is 95.4 cm³/mol. The summed E-state index contributed by atoms with van der Waals surface area (Å²) in [5.74, 6) is 0.00139. The van der Waals surface area contributed by atoms with Crippen molar-refractivity contribution >= 4 is 17.5 Å². The highest BCUT2D eigenvalue weighted by molar-refractivity contribution is 5.93. The third kappa shape index (κ3) is 4.13. The van der Waals surface area contributed by atoms with Gasteiger partial charge in [0.15, 0.2) is 0 Å². The Bertz CT molecular complexity index is 748. The van der Waals surface area contributed by atoms with Gasteiger partial charge in [-0.05, 0) is 62.9 Å². The monoisotopic (exact) mass is 342 g/mol. The van der Waals surface area contributed by atoms with Crippen molar-refractivity contribution < 1.29 is 9.18 Å². The van der Waals surface area contributed by atoms with E-state index in [9.17, 15) is 9.18 Å². The number of rotatable bonds is 4. The van der Waals surface area contributed by atoms with E-state index in [2.05, 4.69) is 22.2 Å². The molecule has 1 amide bonds. The summed E-state index contributed by atoms with van der Waals surface area (Å²) in [5.41, 5.74) is 1.79. The van der Waals surface area contributed by atoms with Gasteiger partial charge < -0.3 is 10.2 Å². The summed E-state index contributed by atoms with van der Waals surface area (Å²) in [6.45, 7) is 4.73. The normalized spacial score (nSPS) is 17.4. The van der Waals surface area contributed by atoms with Gasteiger partial charge in [0.2, 0.25) is 5.95 Å². The zero-order valence-corrected chi connectivity index (χ0v) is 14.6. The Balaban J connectivity index is 1.83. The number of aromatic nitrogens is 2. The Morgan fingerprint density at radius 3 is 2.76 bits per heavy atom. The summed E-state index contributed by atoms with van der Waals surface area (Å²) in [7, 11) is 0. The van der Waals surface area contributed by atoms with Crippen molar-refractivity contribution in [3.05, 3.63) is 47.5 Å². The summed E-state index contributed by atoms with van der Waals surface area (Å²) < 4.78 is 13.0. The number of halogens is 1. The average Bonchev–Trinajstić information content (AvgIpc) is 2.62. The minimum absolute atomic E-state index is 0.0424. The summed E-state index contributed by atoms with van der Waals surface area (Å²) >= 11 is 0. The zero-order chi connectivity index (χ0) is 17.8. The molecule has 25 heavy (non-hydrogen) atoms. The smallest absolute Gasteiger partial charge is 0.272 e. The number of piperidine rings is 1. The molecular formula is C19H23FN4O. The molecular weight excluding hydrogens is 319 g/mol. The minimum atomic E-state index is -0.303. The first-order valence-corrected chi connectivity index (χ1v) is 8.76. The first kappa shape index (κ1) is 17.3. The Morgan fingerprint density at radius 1 is 1.28 bits per heavy atom. The molecule has 1 aromatic carbocycles. The van der Waals surface area contributed by atoms with E-state index in [0.717, 1.165) is 25.8 Å². The number of anilines is 2. The largest absolute Gasteiger partial charge is 0.334 e. The lowest BCUT2D eigenvalue weighted by molar-refractivity contribution is 0.0602. The molecule has 1 N–H and O–H groups in total. The number of amides is 1. The maximum atomic E-state index is 13.0. The molecule has 0 radical (unpaired) electrons. The molecule has 1 saturated heterocycles. The van der Waals surface area contributed by atoms with Crippen LogP contribution in [0.2, 0.25) is 0 Å². The Labute approximate surface area is 147 Å². The van der Waals surface area contributed by atoms with Crippen molar-refractivity contribution in [1.29, 1.82) is 0 Å². The molecule has 1 aliphatic rings. The van der Waals surface area contributed by atoms with Crippen LogP contribution in [-0.4, -0.2) is 33.4 Å². The Kier molecular flexibility index (Phi) is 5.26. The highest BCUT2D eigenvalue weighted by Gasteiger charge is 2.27. The van der Waals surface area contributed by atoms with Gasteiger partial charge >= 0.3 is 0 Å². The molecule has 2 heterocycles. The molecule has 1 aliphatic heterocycles. The van der Waals surface area contributed by atoms with Gasteiger partial charge in [0.1, 0.15) is 11.5 Å². The quantitative estimate of drug-likeness (QED) is 0.910. The van der Waals surface area contributed by atoms with E-state index < -0.39 is 0 Å². The molecule has 5 nitrogen and oxygen atoms in total. The van der Waals surface area contributed by atoms with Crippen molar-refractivity contribution in [2.75, 3.05) is 11.9 Å². The lowest BCUT2D eigenvalue weighted by Crippen LogP contribution is -2.43. The molecule has 0 spiro atoms. The SMILES string of the molecule is CCC1CCCCN1C(=O)c1cc(C)nc(Nc2ccc(F)cc2)n1. The molecule has 132 valence electrons. The van der Waals surface area contributed by atoms with E-state index in [0.29, 0.717) is 23.0 Å². The lowest BCUT2D eigenvalue weighted by atomic mass is 9.99. The number of likely N-dealkylation sites (tertiary alicyclic amines) is 1. The van der Waals surface area contributed by atoms with Gasteiger partial charge in [0.25, 0.3) is 5.91 Å². The van der Waals surface area contributed by atoms with E-state index in [1.807, 2.05) is 11.8 Å². The second kappa shape index (κ2) is 7.59. The zero-order valence-electron chi connectivity index (χ0n) is 14.6. The highest BCUT2D eigenvalue weighted by atomic mass is 19.1. The summed E-state index contributed by atoms with van der Waals surface area (Å²) in [4.78, 5) is 23.6. The Hall–Kier alpha value is -2.50. The van der Waals surface area contributed by atoms with Crippen molar-refractivity contribution in [1.82, 2.24) is 14.9 Å². The fourth-order valence-electron chi connectivity index (χ4n) is 3.24. The summed E-state index contributed by atoms with van der Waals surface area (Å²) in [5, 5.41) is 3.04. The molecule has 2 aromatic rings. The first-order valence-electron chi connectivity index (χ1n) is 8.76. The van der Waals surface area contributed by atoms with Gasteiger partial charge in [-0.25, -0.2) is 14.4 Å². The fourth-order valence-corrected chi connectivity index (χ4v) is 3.24. The van der Waals surface area contributed by atoms with Crippen LogP contribution in [0.25, 0.3) is 0 Å². The van der Waals surface area contributed by atoms with Crippen LogP contribution in [0.1, 0.15) is 48.8 Å². The lowest BCUT2D eigenvalue weighted by Gasteiger charge is -2.35. The fraction of sp³-hybridized carbons (Fsp3) is 0.421. The van der Waals surface area contributed by atoms with Crippen molar-refractivity contribution in [3.8, 4) is 0 Å². The van der Waals surface area contributed by atoms with Crippen LogP contribution < -0.4 is 5.32 Å². The van der Waals surface area contributed by atoms with Gasteiger partial charge in [-0.3, -0.25) is 4.79 Å². The van der Waals surface area contributed by atoms with E-state index in [1.54, 1.807) is 18.2 Å². The van der Waals surface area contributed by atoms with Gasteiger partial charge in [-0.15, -0.1) is 0 Å². The van der Waals surface area contributed by atoms with Gasteiger partial charge in [-0.2, -0.15) is 0 Å². The van der Waals surface area contributed by atoms with Crippen LogP contribution in [-0.2, 0) is 0 Å². The second-order valence-corrected chi connectivity index (χ2v) is 6.41.